The molecule has 0 unspecified atom stereocenters. The molecule has 1 heterocycles. The molecule has 2 fully saturated rings. The average molecular weight is 244 g/mol. The van der Waals surface area contributed by atoms with E-state index in [4.69, 9.17) is 11.6 Å². The molecule has 0 aromatic carbocycles. The zero-order valence-electron chi connectivity index (χ0n) is 9.35. The monoisotopic (exact) mass is 243 g/mol. The molecule has 5 heteroatoms. The van der Waals surface area contributed by atoms with Gasteiger partial charge in [0.05, 0.1) is 0 Å². The molecule has 2 bridgehead atoms. The van der Waals surface area contributed by atoms with E-state index >= 15 is 0 Å². The van der Waals surface area contributed by atoms with Gasteiger partial charge in [-0.3, -0.25) is 0 Å². The minimum Gasteiger partial charge on any atom is -0.367 e. The smallest absolute Gasteiger partial charge is 0.182 e. The van der Waals surface area contributed by atoms with E-state index in [0.29, 0.717) is 17.7 Å². The number of halogens is 1. The number of alkyl halides is 1. The Hall–Kier alpha value is -0.350. The lowest BCUT2D eigenvalue weighted by Gasteiger charge is -2.38. The van der Waals surface area contributed by atoms with Crippen molar-refractivity contribution in [2.75, 3.05) is 12.4 Å². The van der Waals surface area contributed by atoms with Gasteiger partial charge in [0.25, 0.3) is 0 Å². The van der Waals surface area contributed by atoms with Crippen LogP contribution in [-0.4, -0.2) is 34.3 Å². The van der Waals surface area contributed by atoms with Crippen LogP contribution in [0.15, 0.2) is 10.3 Å². The fraction of sp³-hybridized carbons (Fsp3) is 1.00. The normalized spacial score (nSPS) is 44.4. The molecule has 3 aliphatic rings. The van der Waals surface area contributed by atoms with Gasteiger partial charge in [-0.2, -0.15) is 5.11 Å². The van der Waals surface area contributed by atoms with Crippen molar-refractivity contribution in [3.8, 4) is 0 Å². The molecule has 2 aliphatic carbocycles. The van der Waals surface area contributed by atoms with Crippen LogP contribution in [0, 0.1) is 11.8 Å². The van der Waals surface area contributed by atoms with Crippen LogP contribution in [0.3, 0.4) is 0 Å². The molecule has 1 aliphatic heterocycles. The lowest BCUT2D eigenvalue weighted by Crippen LogP contribution is -2.54. The molecular formula is C11H18ClN3O. The number of nitrogens with zero attached hydrogens (tertiary/aromatic N) is 3. The summed E-state index contributed by atoms with van der Waals surface area (Å²) >= 11 is 5.66. The highest BCUT2D eigenvalue weighted by Gasteiger charge is 2.63. The summed E-state index contributed by atoms with van der Waals surface area (Å²) < 4.78 is 0. The molecule has 0 saturated heterocycles. The second kappa shape index (κ2) is 3.84. The molecule has 0 amide bonds. The van der Waals surface area contributed by atoms with Crippen LogP contribution >= 0.6 is 11.6 Å². The summed E-state index contributed by atoms with van der Waals surface area (Å²) in [5, 5.41) is 21.1. The molecule has 0 aromatic heterocycles. The summed E-state index contributed by atoms with van der Waals surface area (Å²) in [5.41, 5.74) is -0.755. The Kier molecular flexibility index (Phi) is 2.59. The maximum atomic E-state index is 10.8. The van der Waals surface area contributed by atoms with Gasteiger partial charge in [-0.25, -0.2) is 5.01 Å². The molecule has 0 spiro atoms. The van der Waals surface area contributed by atoms with Gasteiger partial charge in [0, 0.05) is 18.3 Å². The summed E-state index contributed by atoms with van der Waals surface area (Å²) in [4.78, 5) is 0. The highest BCUT2D eigenvalue weighted by atomic mass is 35.5. The first-order valence-corrected chi connectivity index (χ1v) is 6.77. The summed E-state index contributed by atoms with van der Waals surface area (Å²) in [7, 11) is 0. The molecular weight excluding hydrogens is 226 g/mol. The highest BCUT2D eigenvalue weighted by Crippen LogP contribution is 2.56. The van der Waals surface area contributed by atoms with Crippen molar-refractivity contribution in [1.29, 1.82) is 0 Å². The third-order valence-electron chi connectivity index (χ3n) is 4.41. The third kappa shape index (κ3) is 1.32. The number of unbranched alkanes of at least 4 members (excludes halogenated alkanes) is 1. The average Bonchev–Trinajstić information content (AvgIpc) is 2.91. The molecule has 1 N–H and O–H groups in total. The number of aliphatic hydroxyl groups is 1. The van der Waals surface area contributed by atoms with Crippen molar-refractivity contribution in [1.82, 2.24) is 5.01 Å². The number of rotatable bonds is 4. The van der Waals surface area contributed by atoms with Crippen LogP contribution in [0.25, 0.3) is 0 Å². The van der Waals surface area contributed by atoms with Crippen LogP contribution < -0.4 is 0 Å². The predicted octanol–water partition coefficient (Wildman–Crippen LogP) is 2.18. The molecule has 16 heavy (non-hydrogen) atoms. The predicted molar refractivity (Wildman–Crippen MR) is 61.1 cm³/mol. The van der Waals surface area contributed by atoms with Crippen LogP contribution in [0.2, 0.25) is 0 Å². The Labute approximate surface area is 101 Å². The van der Waals surface area contributed by atoms with Gasteiger partial charge in [-0.15, -0.1) is 11.6 Å². The SMILES string of the molecule is O[C@]12[C@@H]3CC[C@@H](C3)[C@H]1N=NN2CCCCCl. The zero-order valence-corrected chi connectivity index (χ0v) is 10.1. The number of hydrogen-bond acceptors (Lipinski definition) is 4. The fourth-order valence-corrected chi connectivity index (χ4v) is 3.78. The van der Waals surface area contributed by atoms with Gasteiger partial charge in [0.15, 0.2) is 5.72 Å². The van der Waals surface area contributed by atoms with E-state index in [9.17, 15) is 5.11 Å². The van der Waals surface area contributed by atoms with Gasteiger partial charge in [0.1, 0.15) is 6.04 Å². The molecule has 4 nitrogen and oxygen atoms in total. The van der Waals surface area contributed by atoms with Gasteiger partial charge >= 0.3 is 0 Å². The minimum atomic E-state index is -0.755. The third-order valence-corrected chi connectivity index (χ3v) is 4.67. The molecule has 4 atom stereocenters. The maximum Gasteiger partial charge on any atom is 0.182 e. The van der Waals surface area contributed by atoms with Gasteiger partial charge in [-0.1, -0.05) is 5.22 Å². The molecule has 0 aromatic rings. The summed E-state index contributed by atoms with van der Waals surface area (Å²) in [6.45, 7) is 0.784. The summed E-state index contributed by atoms with van der Waals surface area (Å²) in [6, 6.07) is 0.0438. The largest absolute Gasteiger partial charge is 0.367 e. The Morgan fingerprint density at radius 3 is 3.06 bits per heavy atom. The van der Waals surface area contributed by atoms with Crippen LogP contribution in [0.4, 0.5) is 0 Å². The van der Waals surface area contributed by atoms with Crippen molar-refractivity contribution in [2.45, 2.75) is 43.9 Å². The maximum absolute atomic E-state index is 10.8. The first kappa shape index (κ1) is 10.8. The number of fused-ring (bicyclic) bond motifs is 5. The second-order valence-corrected chi connectivity index (χ2v) is 5.60. The second-order valence-electron chi connectivity index (χ2n) is 5.22. The van der Waals surface area contributed by atoms with E-state index in [2.05, 4.69) is 10.3 Å². The highest BCUT2D eigenvalue weighted by molar-refractivity contribution is 6.17. The van der Waals surface area contributed by atoms with Crippen LogP contribution in [0.5, 0.6) is 0 Å². The van der Waals surface area contributed by atoms with Crippen LogP contribution in [-0.2, 0) is 0 Å². The van der Waals surface area contributed by atoms with Crippen molar-refractivity contribution < 1.29 is 5.11 Å². The van der Waals surface area contributed by atoms with Crippen molar-refractivity contribution in [3.63, 3.8) is 0 Å². The Bertz CT molecular complexity index is 312. The van der Waals surface area contributed by atoms with E-state index in [1.165, 1.54) is 6.42 Å². The van der Waals surface area contributed by atoms with E-state index < -0.39 is 5.72 Å². The summed E-state index contributed by atoms with van der Waals surface area (Å²) in [6.07, 6.45) is 5.43. The van der Waals surface area contributed by atoms with E-state index in [1.807, 2.05) is 5.01 Å². The van der Waals surface area contributed by atoms with Gasteiger partial charge in [0.2, 0.25) is 0 Å². The topological polar surface area (TPSA) is 48.2 Å². The van der Waals surface area contributed by atoms with E-state index in [-0.39, 0.29) is 6.04 Å². The molecule has 2 saturated carbocycles. The van der Waals surface area contributed by atoms with Gasteiger partial charge in [-0.05, 0) is 38.0 Å². The Morgan fingerprint density at radius 2 is 2.25 bits per heavy atom. The van der Waals surface area contributed by atoms with Gasteiger partial charge < -0.3 is 5.11 Å². The first-order valence-electron chi connectivity index (χ1n) is 6.23. The van der Waals surface area contributed by atoms with Crippen molar-refractivity contribution in [3.05, 3.63) is 0 Å². The number of hydrogen-bond donors (Lipinski definition) is 1. The fourth-order valence-electron chi connectivity index (χ4n) is 3.59. The molecule has 90 valence electrons. The molecule has 3 rings (SSSR count). The first-order chi connectivity index (χ1) is 7.76. The molecule has 0 radical (unpaired) electrons. The van der Waals surface area contributed by atoms with E-state index in [1.54, 1.807) is 0 Å². The van der Waals surface area contributed by atoms with Crippen molar-refractivity contribution in [2.24, 2.45) is 22.2 Å². The van der Waals surface area contributed by atoms with Crippen LogP contribution in [0.1, 0.15) is 32.1 Å². The zero-order chi connectivity index (χ0) is 11.2. The quantitative estimate of drug-likeness (QED) is 0.608. The lowest BCUT2D eigenvalue weighted by molar-refractivity contribution is -0.135. The Balaban J connectivity index is 1.70. The lowest BCUT2D eigenvalue weighted by atomic mass is 9.87. The summed E-state index contributed by atoms with van der Waals surface area (Å²) in [5.74, 6) is 1.63. The van der Waals surface area contributed by atoms with E-state index in [0.717, 1.165) is 32.2 Å². The minimum absolute atomic E-state index is 0.0438. The Morgan fingerprint density at radius 1 is 1.38 bits per heavy atom. The standard InChI is InChI=1S/C11H18ClN3O/c12-5-1-2-6-15-11(16)9-4-3-8(7-9)10(11)13-14-15/h8-10,16H,1-7H2/t8-,9+,10+,11+/m0/s1. The van der Waals surface area contributed by atoms with Crippen molar-refractivity contribution >= 4 is 11.6 Å².